The summed E-state index contributed by atoms with van der Waals surface area (Å²) in [6, 6.07) is 11.5. The van der Waals surface area contributed by atoms with Gasteiger partial charge < -0.3 is 14.4 Å². The number of nitrogens with one attached hydrogen (secondary N) is 1. The molecule has 1 N–H and O–H groups in total. The van der Waals surface area contributed by atoms with Gasteiger partial charge in [-0.05, 0) is 111 Å². The zero-order valence-electron chi connectivity index (χ0n) is 29.9. The van der Waals surface area contributed by atoms with E-state index >= 15 is 0 Å². The van der Waals surface area contributed by atoms with Gasteiger partial charge in [-0.1, -0.05) is 43.7 Å². The van der Waals surface area contributed by atoms with Gasteiger partial charge in [0.05, 0.1) is 35.9 Å². The van der Waals surface area contributed by atoms with Crippen LogP contribution >= 0.6 is 11.6 Å². The normalized spacial score (nSPS) is 26.5. The fourth-order valence-electron chi connectivity index (χ4n) is 7.41. The molecule has 6 rings (SSSR count). The highest BCUT2D eigenvalue weighted by Crippen LogP contribution is 2.41. The summed E-state index contributed by atoms with van der Waals surface area (Å²) in [5.74, 6) is 0.0604. The molecule has 1 saturated carbocycles. The number of fused-ring (bicyclic) bond motifs is 3. The minimum absolute atomic E-state index is 0.00518. The van der Waals surface area contributed by atoms with Crippen LogP contribution in [0.5, 0.6) is 5.75 Å². The van der Waals surface area contributed by atoms with Gasteiger partial charge in [0.2, 0.25) is 0 Å². The second-order valence-electron chi connectivity index (χ2n) is 14.2. The number of benzene rings is 2. The number of hydrogen-bond donors (Lipinski definition) is 1. The van der Waals surface area contributed by atoms with Crippen molar-refractivity contribution in [1.82, 2.24) is 14.5 Å². The van der Waals surface area contributed by atoms with Gasteiger partial charge in [-0.25, -0.2) is 4.21 Å². The molecule has 1 unspecified atom stereocenters. The number of carbonyl (C=O) groups is 2. The maximum atomic E-state index is 14.5. The molecule has 3 aromatic rings. The number of aryl methyl sites for hydroxylation is 2. The number of aromatic nitrogens is 2. The van der Waals surface area contributed by atoms with Gasteiger partial charge in [-0.2, -0.15) is 5.10 Å². The van der Waals surface area contributed by atoms with Crippen LogP contribution < -0.4 is 14.4 Å². The van der Waals surface area contributed by atoms with E-state index in [0.717, 1.165) is 62.2 Å². The number of hydrogen-bond acceptors (Lipinski definition) is 7. The number of carbonyl (C=O) groups excluding carboxylic acids is 2. The average molecular weight is 736 g/mol. The lowest BCUT2D eigenvalue weighted by Crippen LogP contribution is -2.44. The molecule has 1 fully saturated rings. The third-order valence-corrected chi connectivity index (χ3v) is 12.5. The minimum Gasteiger partial charge on any atom is -0.491 e. The molecule has 0 spiro atoms. The predicted octanol–water partition coefficient (Wildman–Crippen LogP) is 7.30. The Bertz CT molecular complexity index is 1870. The second-order valence-corrected chi connectivity index (χ2v) is 16.6. The van der Waals surface area contributed by atoms with Crippen molar-refractivity contribution in [1.29, 1.82) is 0 Å². The van der Waals surface area contributed by atoms with E-state index in [4.69, 9.17) is 21.1 Å². The monoisotopic (exact) mass is 735 g/mol. The Balaban J connectivity index is 1.40. The van der Waals surface area contributed by atoms with E-state index in [1.807, 2.05) is 32.0 Å². The summed E-state index contributed by atoms with van der Waals surface area (Å²) in [5.41, 5.74) is 3.89. The van der Waals surface area contributed by atoms with Crippen molar-refractivity contribution in [2.75, 3.05) is 37.5 Å². The lowest BCUT2D eigenvalue weighted by atomic mass is 9.70. The molecule has 274 valence electrons. The highest BCUT2D eigenvalue weighted by molar-refractivity contribution is 7.92. The Hall–Kier alpha value is -3.67. The molecule has 2 amide bonds. The molecule has 3 heterocycles. The van der Waals surface area contributed by atoms with Crippen LogP contribution in [0.4, 0.5) is 5.69 Å². The van der Waals surface area contributed by atoms with E-state index in [-0.39, 0.29) is 23.3 Å². The van der Waals surface area contributed by atoms with Crippen molar-refractivity contribution in [3.05, 3.63) is 88.2 Å². The summed E-state index contributed by atoms with van der Waals surface area (Å²) in [5, 5.41) is 4.99. The smallest absolute Gasteiger partial charge is 0.286 e. The summed E-state index contributed by atoms with van der Waals surface area (Å²) in [6.45, 7) is 6.62. The van der Waals surface area contributed by atoms with Crippen LogP contribution in [0.15, 0.2) is 65.3 Å². The summed E-state index contributed by atoms with van der Waals surface area (Å²) >= 11 is 6.42. The molecule has 12 heteroatoms. The molecular weight excluding hydrogens is 686 g/mol. The van der Waals surface area contributed by atoms with Gasteiger partial charge in [-0.15, -0.1) is 4.36 Å². The maximum Gasteiger partial charge on any atom is 0.286 e. The van der Waals surface area contributed by atoms with E-state index in [1.165, 1.54) is 17.3 Å². The van der Waals surface area contributed by atoms with Crippen molar-refractivity contribution in [3.63, 3.8) is 0 Å². The highest BCUT2D eigenvalue weighted by Gasteiger charge is 2.38. The van der Waals surface area contributed by atoms with Gasteiger partial charge in [-0.3, -0.25) is 19.0 Å². The van der Waals surface area contributed by atoms with Gasteiger partial charge in [0.25, 0.3) is 11.8 Å². The van der Waals surface area contributed by atoms with Crippen molar-refractivity contribution in [2.24, 2.45) is 22.1 Å². The Morgan fingerprint density at radius 3 is 2.78 bits per heavy atom. The van der Waals surface area contributed by atoms with E-state index in [2.05, 4.69) is 43.4 Å². The molecule has 1 aromatic heterocycles. The Kier molecular flexibility index (Phi) is 12.2. The lowest BCUT2D eigenvalue weighted by molar-refractivity contribution is 0.0135. The molecule has 0 radical (unpaired) electrons. The van der Waals surface area contributed by atoms with Crippen molar-refractivity contribution < 1.29 is 23.3 Å². The molecule has 2 aliphatic heterocycles. The third-order valence-electron chi connectivity index (χ3n) is 10.3. The number of methoxy groups -OCH3 is 1. The molecule has 10 nitrogen and oxygen atoms in total. The standard InChI is InChI=1S/C39H50ClN5O5S/c1-4-18-45-25-32(23-41-45)39(47)43-51(48)26-27(2)8-7-10-36(49-3)34-15-12-31(34)24-44-19-17-28-11-14-33(40)21-29(28)9-5-6-20-50-37-16-13-30(22-35(37)44)38(46)42-51/h7,10-11,13-14,16,21-23,25,27,31,34,36H,4-6,8-9,12,15,17-20,24,26H2,1-3H3,(H,42,43,46,47,48)/b10-7+/t27-,31-,34+,36-,51?/m0/s1. The first-order valence-corrected chi connectivity index (χ1v) is 20.3. The van der Waals surface area contributed by atoms with Crippen LogP contribution in [-0.2, 0) is 34.0 Å². The molecule has 51 heavy (non-hydrogen) atoms. The van der Waals surface area contributed by atoms with E-state index in [0.29, 0.717) is 49.3 Å². The third kappa shape index (κ3) is 9.23. The maximum absolute atomic E-state index is 14.5. The van der Waals surface area contributed by atoms with E-state index < -0.39 is 21.7 Å². The van der Waals surface area contributed by atoms with Gasteiger partial charge in [0.1, 0.15) is 15.7 Å². The Morgan fingerprint density at radius 2 is 2.00 bits per heavy atom. The quantitative estimate of drug-likeness (QED) is 0.274. The average Bonchev–Trinajstić information content (AvgIpc) is 3.56. The lowest BCUT2D eigenvalue weighted by Gasteiger charge is -2.43. The van der Waals surface area contributed by atoms with E-state index in [9.17, 15) is 13.8 Å². The van der Waals surface area contributed by atoms with Crippen LogP contribution in [-0.4, -0.2) is 64.5 Å². The van der Waals surface area contributed by atoms with Crippen LogP contribution in [0, 0.1) is 17.8 Å². The van der Waals surface area contributed by atoms with Crippen LogP contribution in [0.2, 0.25) is 5.02 Å². The van der Waals surface area contributed by atoms with Crippen molar-refractivity contribution >= 4 is 39.0 Å². The molecule has 2 bridgehead atoms. The van der Waals surface area contributed by atoms with Crippen molar-refractivity contribution in [3.8, 4) is 5.75 Å². The molecule has 3 aliphatic rings. The first kappa shape index (κ1) is 37.1. The summed E-state index contributed by atoms with van der Waals surface area (Å²) < 4.78 is 35.6. The number of nitrogens with zero attached hydrogens (tertiary/aromatic N) is 4. The summed E-state index contributed by atoms with van der Waals surface area (Å²) in [7, 11) is -1.77. The predicted molar refractivity (Wildman–Crippen MR) is 202 cm³/mol. The van der Waals surface area contributed by atoms with Crippen molar-refractivity contribution in [2.45, 2.75) is 77.9 Å². The highest BCUT2D eigenvalue weighted by atomic mass is 35.5. The minimum atomic E-state index is -3.53. The number of ether oxygens (including phenoxy) is 2. The molecular formula is C39H50ClN5O5S. The number of halogens is 1. The fraction of sp³-hybridized carbons (Fsp3) is 0.513. The Labute approximate surface area is 307 Å². The van der Waals surface area contributed by atoms with Gasteiger partial charge in [0, 0.05) is 43.5 Å². The van der Waals surface area contributed by atoms with Gasteiger partial charge in [0.15, 0.2) is 0 Å². The Morgan fingerprint density at radius 1 is 1.14 bits per heavy atom. The fourth-order valence-corrected chi connectivity index (χ4v) is 9.50. The zero-order valence-corrected chi connectivity index (χ0v) is 31.5. The zero-order chi connectivity index (χ0) is 36.0. The number of allylic oxidation sites excluding steroid dienone is 1. The molecule has 0 saturated heterocycles. The topological polar surface area (TPSA) is 115 Å². The van der Waals surface area contributed by atoms with Crippen LogP contribution in [0.1, 0.15) is 84.2 Å². The number of anilines is 1. The molecule has 5 atom stereocenters. The first-order chi connectivity index (χ1) is 24.6. The number of amides is 2. The van der Waals surface area contributed by atoms with Gasteiger partial charge >= 0.3 is 0 Å². The van der Waals surface area contributed by atoms with Crippen LogP contribution in [0.3, 0.4) is 0 Å². The number of rotatable bonds is 5. The SMILES string of the molecule is CCCn1cc(C(=O)NS2(=O)=NC(=O)c3ccc4c(c3)N(CCc3ccc(Cl)cc3CCCCO4)C[C@@H]3CC[C@H]3[C@@H](OC)/C=C/C[C@H](C)C2)cn1. The molecule has 2 aromatic carbocycles. The van der Waals surface area contributed by atoms with E-state index in [1.54, 1.807) is 24.1 Å². The summed E-state index contributed by atoms with van der Waals surface area (Å²) in [6.07, 6.45) is 14.4. The molecule has 1 aliphatic carbocycles. The first-order valence-electron chi connectivity index (χ1n) is 18.3. The van der Waals surface area contributed by atoms with Crippen LogP contribution in [0.25, 0.3) is 0 Å². The summed E-state index contributed by atoms with van der Waals surface area (Å²) in [4.78, 5) is 29.7. The second kappa shape index (κ2) is 16.8. The largest absolute Gasteiger partial charge is 0.491 e.